The summed E-state index contributed by atoms with van der Waals surface area (Å²) < 4.78 is 4.64. The highest BCUT2D eigenvalue weighted by molar-refractivity contribution is 5.66. The maximum atomic E-state index is 10.4. The van der Waals surface area contributed by atoms with Gasteiger partial charge in [-0.05, 0) is 12.8 Å². The van der Waals surface area contributed by atoms with Crippen molar-refractivity contribution in [3.05, 3.63) is 0 Å². The Kier molecular flexibility index (Phi) is 5.98. The number of hydrogen-bond acceptors (Lipinski definition) is 3. The van der Waals surface area contributed by atoms with Crippen molar-refractivity contribution in [3.8, 4) is 11.8 Å². The SMILES string of the molecule is CC(=O)OCC#C[C@H](C)[C@H](O)C(C)C. The zero-order valence-electron chi connectivity index (χ0n) is 9.20. The summed E-state index contributed by atoms with van der Waals surface area (Å²) in [5.41, 5.74) is 0. The van der Waals surface area contributed by atoms with Gasteiger partial charge in [-0.15, -0.1) is 0 Å². The fourth-order valence-corrected chi connectivity index (χ4v) is 1.00. The van der Waals surface area contributed by atoms with E-state index in [9.17, 15) is 9.90 Å². The van der Waals surface area contributed by atoms with Crippen LogP contribution in [0.2, 0.25) is 0 Å². The molecule has 1 N–H and O–H groups in total. The van der Waals surface area contributed by atoms with Crippen molar-refractivity contribution in [2.45, 2.75) is 33.8 Å². The molecule has 14 heavy (non-hydrogen) atoms. The predicted octanol–water partition coefficient (Wildman–Crippen LogP) is 1.21. The lowest BCUT2D eigenvalue weighted by Crippen LogP contribution is -2.22. The van der Waals surface area contributed by atoms with Crippen molar-refractivity contribution in [2.75, 3.05) is 6.61 Å². The van der Waals surface area contributed by atoms with E-state index in [0.29, 0.717) is 0 Å². The van der Waals surface area contributed by atoms with Crippen molar-refractivity contribution < 1.29 is 14.6 Å². The maximum Gasteiger partial charge on any atom is 0.303 e. The Morgan fingerprint density at radius 3 is 2.43 bits per heavy atom. The van der Waals surface area contributed by atoms with Gasteiger partial charge in [-0.2, -0.15) is 0 Å². The average molecular weight is 198 g/mol. The first kappa shape index (κ1) is 13.0. The summed E-state index contributed by atoms with van der Waals surface area (Å²) in [5.74, 6) is 5.30. The number of carbonyl (C=O) groups is 1. The maximum absolute atomic E-state index is 10.4. The number of ether oxygens (including phenoxy) is 1. The first-order valence-corrected chi connectivity index (χ1v) is 4.75. The molecular formula is C11H18O3. The van der Waals surface area contributed by atoms with Crippen LogP contribution in [0.15, 0.2) is 0 Å². The zero-order chi connectivity index (χ0) is 11.1. The molecule has 3 heteroatoms. The molecule has 0 saturated heterocycles. The van der Waals surface area contributed by atoms with Crippen LogP contribution in [-0.4, -0.2) is 23.8 Å². The predicted molar refractivity (Wildman–Crippen MR) is 54.4 cm³/mol. The Hall–Kier alpha value is -1.01. The van der Waals surface area contributed by atoms with E-state index in [1.54, 1.807) is 0 Å². The normalized spacial score (nSPS) is 14.1. The molecular weight excluding hydrogens is 180 g/mol. The van der Waals surface area contributed by atoms with Crippen molar-refractivity contribution in [3.63, 3.8) is 0 Å². The van der Waals surface area contributed by atoms with Crippen LogP contribution in [0.3, 0.4) is 0 Å². The summed E-state index contributed by atoms with van der Waals surface area (Å²) in [7, 11) is 0. The Labute approximate surface area is 85.5 Å². The second-order valence-electron chi connectivity index (χ2n) is 3.62. The van der Waals surface area contributed by atoms with Gasteiger partial charge >= 0.3 is 5.97 Å². The van der Waals surface area contributed by atoms with Gasteiger partial charge in [0, 0.05) is 12.8 Å². The molecule has 0 heterocycles. The highest BCUT2D eigenvalue weighted by atomic mass is 16.5. The van der Waals surface area contributed by atoms with Crippen molar-refractivity contribution in [2.24, 2.45) is 11.8 Å². The molecule has 0 aromatic rings. The minimum atomic E-state index is -0.431. The van der Waals surface area contributed by atoms with Gasteiger partial charge in [0.2, 0.25) is 0 Å². The van der Waals surface area contributed by atoms with Crippen molar-refractivity contribution in [1.82, 2.24) is 0 Å². The van der Waals surface area contributed by atoms with Gasteiger partial charge < -0.3 is 9.84 Å². The van der Waals surface area contributed by atoms with Gasteiger partial charge in [0.15, 0.2) is 6.61 Å². The number of aliphatic hydroxyl groups excluding tert-OH is 1. The number of aliphatic hydroxyl groups is 1. The molecule has 0 amide bonds. The molecule has 0 aromatic heterocycles. The van der Waals surface area contributed by atoms with E-state index in [1.807, 2.05) is 20.8 Å². The second-order valence-corrected chi connectivity index (χ2v) is 3.62. The van der Waals surface area contributed by atoms with Crippen LogP contribution in [0.25, 0.3) is 0 Å². The molecule has 0 radical (unpaired) electrons. The minimum Gasteiger partial charge on any atom is -0.453 e. The Morgan fingerprint density at radius 2 is 2.00 bits per heavy atom. The van der Waals surface area contributed by atoms with Crippen LogP contribution >= 0.6 is 0 Å². The molecule has 0 aliphatic carbocycles. The number of carbonyl (C=O) groups excluding carboxylic acids is 1. The van der Waals surface area contributed by atoms with E-state index >= 15 is 0 Å². The molecule has 2 atom stereocenters. The average Bonchev–Trinajstić information content (AvgIpc) is 2.10. The fourth-order valence-electron chi connectivity index (χ4n) is 1.00. The minimum absolute atomic E-state index is 0.0921. The van der Waals surface area contributed by atoms with Gasteiger partial charge in [-0.1, -0.05) is 25.7 Å². The molecule has 0 aliphatic heterocycles. The summed E-state index contributed by atoms with van der Waals surface area (Å²) in [5, 5.41) is 9.59. The molecule has 0 spiro atoms. The molecule has 0 aliphatic rings. The standard InChI is InChI=1S/C11H18O3/c1-8(2)11(13)9(3)6-5-7-14-10(4)12/h8-9,11,13H,7H2,1-4H3/t9-,11+/m0/s1. The first-order valence-electron chi connectivity index (χ1n) is 4.75. The molecule has 80 valence electrons. The lowest BCUT2D eigenvalue weighted by atomic mass is 9.95. The molecule has 0 unspecified atom stereocenters. The van der Waals surface area contributed by atoms with Crippen LogP contribution < -0.4 is 0 Å². The molecule has 0 saturated carbocycles. The van der Waals surface area contributed by atoms with Gasteiger partial charge in [-0.3, -0.25) is 4.79 Å². The van der Waals surface area contributed by atoms with E-state index in [4.69, 9.17) is 0 Å². The first-order chi connectivity index (χ1) is 6.45. The van der Waals surface area contributed by atoms with Crippen LogP contribution in [0.5, 0.6) is 0 Å². The van der Waals surface area contributed by atoms with E-state index in [-0.39, 0.29) is 24.4 Å². The molecule has 0 rings (SSSR count). The zero-order valence-corrected chi connectivity index (χ0v) is 9.20. The third-order valence-electron chi connectivity index (χ3n) is 1.87. The van der Waals surface area contributed by atoms with Gasteiger partial charge in [-0.25, -0.2) is 0 Å². The monoisotopic (exact) mass is 198 g/mol. The Balaban J connectivity index is 3.91. The van der Waals surface area contributed by atoms with E-state index in [2.05, 4.69) is 16.6 Å². The summed E-state index contributed by atoms with van der Waals surface area (Å²) >= 11 is 0. The second kappa shape index (κ2) is 6.44. The van der Waals surface area contributed by atoms with Gasteiger partial charge in [0.1, 0.15) is 0 Å². The third kappa shape index (κ3) is 5.60. The topological polar surface area (TPSA) is 46.5 Å². The van der Waals surface area contributed by atoms with Crippen molar-refractivity contribution >= 4 is 5.97 Å². The summed E-state index contributed by atoms with van der Waals surface area (Å²) in [6.07, 6.45) is -0.431. The largest absolute Gasteiger partial charge is 0.453 e. The summed E-state index contributed by atoms with van der Waals surface area (Å²) in [6.45, 7) is 7.17. The summed E-state index contributed by atoms with van der Waals surface area (Å²) in [4.78, 5) is 10.4. The lowest BCUT2D eigenvalue weighted by molar-refractivity contribution is -0.139. The summed E-state index contributed by atoms with van der Waals surface area (Å²) in [6, 6.07) is 0. The van der Waals surface area contributed by atoms with Crippen LogP contribution in [-0.2, 0) is 9.53 Å². The quantitative estimate of drug-likeness (QED) is 0.547. The van der Waals surface area contributed by atoms with Crippen LogP contribution in [0, 0.1) is 23.7 Å². The van der Waals surface area contributed by atoms with Crippen molar-refractivity contribution in [1.29, 1.82) is 0 Å². The Morgan fingerprint density at radius 1 is 1.43 bits per heavy atom. The highest BCUT2D eigenvalue weighted by Crippen LogP contribution is 2.10. The molecule has 3 nitrogen and oxygen atoms in total. The van der Waals surface area contributed by atoms with Crippen LogP contribution in [0.1, 0.15) is 27.7 Å². The molecule has 0 fully saturated rings. The van der Waals surface area contributed by atoms with E-state index < -0.39 is 6.10 Å². The van der Waals surface area contributed by atoms with Gasteiger partial charge in [0.25, 0.3) is 0 Å². The Bertz CT molecular complexity index is 235. The van der Waals surface area contributed by atoms with E-state index in [1.165, 1.54) is 6.92 Å². The van der Waals surface area contributed by atoms with Gasteiger partial charge in [0.05, 0.1) is 6.10 Å². The third-order valence-corrected chi connectivity index (χ3v) is 1.87. The molecule has 0 aromatic carbocycles. The highest BCUT2D eigenvalue weighted by Gasteiger charge is 2.14. The lowest BCUT2D eigenvalue weighted by Gasteiger charge is -2.17. The fraction of sp³-hybridized carbons (Fsp3) is 0.727. The van der Waals surface area contributed by atoms with E-state index in [0.717, 1.165) is 0 Å². The van der Waals surface area contributed by atoms with Crippen LogP contribution in [0.4, 0.5) is 0 Å². The smallest absolute Gasteiger partial charge is 0.303 e. The number of hydrogen-bond donors (Lipinski definition) is 1. The molecule has 0 bridgehead atoms. The number of rotatable bonds is 3. The number of esters is 1.